The number of ether oxygens (including phenoxy) is 1. The fraction of sp³-hybridized carbons (Fsp3) is 0.588. The monoisotopic (exact) mass is 326 g/mol. The van der Waals surface area contributed by atoms with Gasteiger partial charge in [0, 0.05) is 18.2 Å². The number of hydrogen-bond acceptors (Lipinski definition) is 3. The lowest BCUT2D eigenvalue weighted by molar-refractivity contribution is 0.0942. The van der Waals surface area contributed by atoms with Gasteiger partial charge in [-0.3, -0.25) is 4.79 Å². The maximum atomic E-state index is 12.2. The maximum Gasteiger partial charge on any atom is 0.251 e. The third-order valence-corrected chi connectivity index (χ3v) is 3.94. The van der Waals surface area contributed by atoms with Gasteiger partial charge < -0.3 is 15.8 Å². The van der Waals surface area contributed by atoms with E-state index in [1.807, 2.05) is 18.2 Å². The van der Waals surface area contributed by atoms with Crippen LogP contribution in [0.4, 0.5) is 0 Å². The van der Waals surface area contributed by atoms with E-state index < -0.39 is 0 Å². The lowest BCUT2D eigenvalue weighted by Crippen LogP contribution is -2.35. The van der Waals surface area contributed by atoms with E-state index in [4.69, 9.17) is 10.5 Å². The molecule has 0 saturated heterocycles. The van der Waals surface area contributed by atoms with Crippen LogP contribution >= 0.6 is 12.4 Å². The Morgan fingerprint density at radius 3 is 2.95 bits per heavy atom. The summed E-state index contributed by atoms with van der Waals surface area (Å²) in [4.78, 5) is 12.2. The molecule has 0 bridgehead atoms. The first-order valence-electron chi connectivity index (χ1n) is 7.95. The topological polar surface area (TPSA) is 64.3 Å². The molecule has 2 rings (SSSR count). The lowest BCUT2D eigenvalue weighted by Gasteiger charge is -2.26. The number of nitrogens with two attached hydrogens (primary N) is 1. The molecule has 1 amide bonds. The number of rotatable bonds is 6. The van der Waals surface area contributed by atoms with E-state index >= 15 is 0 Å². The molecule has 2 unspecified atom stereocenters. The zero-order chi connectivity index (χ0) is 15.1. The van der Waals surface area contributed by atoms with E-state index in [2.05, 4.69) is 12.2 Å². The summed E-state index contributed by atoms with van der Waals surface area (Å²) in [5, 5.41) is 3.02. The Kier molecular flexibility index (Phi) is 8.28. The summed E-state index contributed by atoms with van der Waals surface area (Å²) in [5.74, 6) is 1.23. The van der Waals surface area contributed by atoms with Crippen molar-refractivity contribution >= 4 is 18.3 Å². The quantitative estimate of drug-likeness (QED) is 0.844. The number of benzene rings is 1. The van der Waals surface area contributed by atoms with Crippen LogP contribution < -0.4 is 15.8 Å². The number of halogens is 1. The highest BCUT2D eigenvalue weighted by molar-refractivity contribution is 5.94. The molecule has 0 spiro atoms. The molecule has 1 saturated carbocycles. The van der Waals surface area contributed by atoms with Crippen molar-refractivity contribution in [1.82, 2.24) is 5.32 Å². The highest BCUT2D eigenvalue weighted by Crippen LogP contribution is 2.22. The number of hydrogen-bond donors (Lipinski definition) is 2. The molecule has 3 N–H and O–H groups in total. The lowest BCUT2D eigenvalue weighted by atomic mass is 9.86. The molecule has 22 heavy (non-hydrogen) atoms. The molecule has 2 atom stereocenters. The predicted octanol–water partition coefficient (Wildman–Crippen LogP) is 3.14. The average molecular weight is 327 g/mol. The standard InChI is InChI=1S/C17H26N2O2.ClH/c1-2-9-21-16-8-4-6-14(11-16)17(20)19-12-13-5-3-7-15(18)10-13;/h4,6,8,11,13,15H,2-3,5,7,9-10,12,18H2,1H3,(H,19,20);1H. The second kappa shape index (κ2) is 9.70. The second-order valence-corrected chi connectivity index (χ2v) is 5.88. The predicted molar refractivity (Wildman–Crippen MR) is 91.7 cm³/mol. The third kappa shape index (κ3) is 5.85. The van der Waals surface area contributed by atoms with Gasteiger partial charge in [-0.25, -0.2) is 0 Å². The van der Waals surface area contributed by atoms with E-state index in [1.54, 1.807) is 6.07 Å². The second-order valence-electron chi connectivity index (χ2n) is 5.88. The summed E-state index contributed by atoms with van der Waals surface area (Å²) >= 11 is 0. The molecule has 4 nitrogen and oxygen atoms in total. The van der Waals surface area contributed by atoms with Gasteiger partial charge in [-0.1, -0.05) is 19.4 Å². The maximum absolute atomic E-state index is 12.2. The molecule has 1 fully saturated rings. The highest BCUT2D eigenvalue weighted by atomic mass is 35.5. The fourth-order valence-corrected chi connectivity index (χ4v) is 2.80. The summed E-state index contributed by atoms with van der Waals surface area (Å²) < 4.78 is 5.56. The molecule has 1 aromatic carbocycles. The Morgan fingerprint density at radius 1 is 1.41 bits per heavy atom. The summed E-state index contributed by atoms with van der Waals surface area (Å²) in [7, 11) is 0. The molecule has 5 heteroatoms. The minimum Gasteiger partial charge on any atom is -0.494 e. The molecule has 124 valence electrons. The van der Waals surface area contributed by atoms with Gasteiger partial charge >= 0.3 is 0 Å². The molecule has 1 aliphatic rings. The van der Waals surface area contributed by atoms with Crippen LogP contribution in [0.25, 0.3) is 0 Å². The van der Waals surface area contributed by atoms with Gasteiger partial charge in [-0.2, -0.15) is 0 Å². The first kappa shape index (κ1) is 18.8. The zero-order valence-corrected chi connectivity index (χ0v) is 14.0. The van der Waals surface area contributed by atoms with Gasteiger partial charge in [-0.15, -0.1) is 12.4 Å². The van der Waals surface area contributed by atoms with Crippen LogP contribution in [0, 0.1) is 5.92 Å². The number of amides is 1. The minimum absolute atomic E-state index is 0. The Morgan fingerprint density at radius 2 is 2.23 bits per heavy atom. The van der Waals surface area contributed by atoms with E-state index in [-0.39, 0.29) is 18.3 Å². The van der Waals surface area contributed by atoms with Gasteiger partial charge in [0.15, 0.2) is 0 Å². The molecule has 0 aromatic heterocycles. The van der Waals surface area contributed by atoms with E-state index in [0.29, 0.717) is 30.7 Å². The summed E-state index contributed by atoms with van der Waals surface area (Å²) in [6.07, 6.45) is 5.41. The summed E-state index contributed by atoms with van der Waals surface area (Å²) in [6, 6.07) is 7.66. The van der Waals surface area contributed by atoms with E-state index in [1.165, 1.54) is 6.42 Å². The van der Waals surface area contributed by atoms with Crippen molar-refractivity contribution in [3.8, 4) is 5.75 Å². The first-order valence-corrected chi connectivity index (χ1v) is 7.95. The van der Waals surface area contributed by atoms with E-state index in [9.17, 15) is 4.79 Å². The van der Waals surface area contributed by atoms with Crippen molar-refractivity contribution in [2.24, 2.45) is 11.7 Å². The zero-order valence-electron chi connectivity index (χ0n) is 13.2. The van der Waals surface area contributed by atoms with Crippen molar-refractivity contribution < 1.29 is 9.53 Å². The molecule has 1 aromatic rings. The normalized spacial score (nSPS) is 20.8. The Hall–Kier alpha value is -1.26. The summed E-state index contributed by atoms with van der Waals surface area (Å²) in [5.41, 5.74) is 6.64. The van der Waals surface area contributed by atoms with Crippen LogP contribution in [0.15, 0.2) is 24.3 Å². The number of carbonyl (C=O) groups excluding carboxylic acids is 1. The van der Waals surface area contributed by atoms with Crippen molar-refractivity contribution in [2.75, 3.05) is 13.2 Å². The van der Waals surface area contributed by atoms with Crippen molar-refractivity contribution in [3.05, 3.63) is 29.8 Å². The average Bonchev–Trinajstić information content (AvgIpc) is 2.51. The van der Waals surface area contributed by atoms with Crippen LogP contribution in [-0.2, 0) is 0 Å². The Balaban J connectivity index is 0.00000242. The van der Waals surface area contributed by atoms with Gasteiger partial charge in [0.05, 0.1) is 6.61 Å². The van der Waals surface area contributed by atoms with Crippen LogP contribution in [0.3, 0.4) is 0 Å². The minimum atomic E-state index is -0.0314. The molecule has 0 radical (unpaired) electrons. The molecule has 0 aliphatic heterocycles. The SMILES string of the molecule is CCCOc1cccc(C(=O)NCC2CCCC(N)C2)c1.Cl. The Labute approximate surface area is 139 Å². The fourth-order valence-electron chi connectivity index (χ4n) is 2.80. The molecule has 1 aliphatic carbocycles. The van der Waals surface area contributed by atoms with Crippen molar-refractivity contribution in [1.29, 1.82) is 0 Å². The molecular weight excluding hydrogens is 300 g/mol. The van der Waals surface area contributed by atoms with E-state index in [0.717, 1.165) is 31.4 Å². The van der Waals surface area contributed by atoms with Gasteiger partial charge in [0.2, 0.25) is 0 Å². The van der Waals surface area contributed by atoms with Gasteiger partial charge in [-0.05, 0) is 49.8 Å². The largest absolute Gasteiger partial charge is 0.494 e. The smallest absolute Gasteiger partial charge is 0.251 e. The van der Waals surface area contributed by atoms with Gasteiger partial charge in [0.25, 0.3) is 5.91 Å². The van der Waals surface area contributed by atoms with Gasteiger partial charge in [0.1, 0.15) is 5.75 Å². The van der Waals surface area contributed by atoms with Crippen LogP contribution in [-0.4, -0.2) is 25.1 Å². The molecule has 0 heterocycles. The van der Waals surface area contributed by atoms with Crippen LogP contribution in [0.5, 0.6) is 5.75 Å². The highest BCUT2D eigenvalue weighted by Gasteiger charge is 2.19. The van der Waals surface area contributed by atoms with Crippen molar-refractivity contribution in [3.63, 3.8) is 0 Å². The Bertz CT molecular complexity index is 468. The number of nitrogens with one attached hydrogen (secondary N) is 1. The van der Waals surface area contributed by atoms with Crippen molar-refractivity contribution in [2.45, 2.75) is 45.1 Å². The molecular formula is C17H27ClN2O2. The first-order chi connectivity index (χ1) is 10.2. The van der Waals surface area contributed by atoms with Crippen LogP contribution in [0.1, 0.15) is 49.4 Å². The summed E-state index contributed by atoms with van der Waals surface area (Å²) in [6.45, 7) is 3.45. The third-order valence-electron chi connectivity index (χ3n) is 3.94. The number of carbonyl (C=O) groups is 1. The van der Waals surface area contributed by atoms with Crippen LogP contribution in [0.2, 0.25) is 0 Å².